The summed E-state index contributed by atoms with van der Waals surface area (Å²) >= 11 is 0. The van der Waals surface area contributed by atoms with Crippen LogP contribution < -0.4 is 15.9 Å². The van der Waals surface area contributed by atoms with Crippen molar-refractivity contribution in [3.05, 3.63) is 28.7 Å². The van der Waals surface area contributed by atoms with E-state index in [0.717, 1.165) is 88.2 Å². The Balaban J connectivity index is 1.08. The van der Waals surface area contributed by atoms with E-state index >= 15 is 0 Å². The van der Waals surface area contributed by atoms with Crippen LogP contribution in [0.2, 0.25) is 0 Å². The largest absolute Gasteiger partial charge is 0.444 e. The maximum absolute atomic E-state index is 13.8. The number of para-hydroxylation sites is 1. The van der Waals surface area contributed by atoms with E-state index in [9.17, 15) is 19.2 Å². The number of likely N-dealkylation sites (tertiary alicyclic amines) is 2. The zero-order valence-electron chi connectivity index (χ0n) is 26.9. The van der Waals surface area contributed by atoms with Crippen molar-refractivity contribution in [2.24, 2.45) is 11.3 Å². The minimum atomic E-state index is -0.687. The molecule has 1 aromatic heterocycles. The fraction of sp³-hybridized carbons (Fsp3) is 0.697. The molecule has 0 radical (unpaired) electrons. The van der Waals surface area contributed by atoms with E-state index < -0.39 is 17.6 Å². The molecular formula is C33H48N6O5. The van der Waals surface area contributed by atoms with Gasteiger partial charge in [0.25, 0.3) is 0 Å². The predicted octanol–water partition coefficient (Wildman–Crippen LogP) is 3.91. The van der Waals surface area contributed by atoms with Crippen LogP contribution in [-0.2, 0) is 14.3 Å². The van der Waals surface area contributed by atoms with E-state index in [4.69, 9.17) is 4.74 Å². The molecular weight excluding hydrogens is 560 g/mol. The Labute approximate surface area is 259 Å². The fourth-order valence-electron chi connectivity index (χ4n) is 7.71. The van der Waals surface area contributed by atoms with Gasteiger partial charge < -0.3 is 19.4 Å². The third-order valence-corrected chi connectivity index (χ3v) is 10.0. The van der Waals surface area contributed by atoms with Crippen LogP contribution in [0, 0.1) is 11.3 Å². The Morgan fingerprint density at radius 1 is 1.02 bits per heavy atom. The van der Waals surface area contributed by atoms with Gasteiger partial charge in [-0.1, -0.05) is 6.07 Å². The number of aromatic nitrogens is 2. The van der Waals surface area contributed by atoms with Crippen molar-refractivity contribution in [3.8, 4) is 0 Å². The summed E-state index contributed by atoms with van der Waals surface area (Å²) in [4.78, 5) is 57.6. The molecule has 4 aliphatic heterocycles. The molecule has 0 bridgehead atoms. The van der Waals surface area contributed by atoms with Gasteiger partial charge in [-0.15, -0.1) is 0 Å². The summed E-state index contributed by atoms with van der Waals surface area (Å²) in [7, 11) is 0. The first kappa shape index (κ1) is 30.7. The highest BCUT2D eigenvalue weighted by Gasteiger charge is 2.48. The third-order valence-electron chi connectivity index (χ3n) is 10.0. The first-order valence-electron chi connectivity index (χ1n) is 16.4. The molecule has 6 rings (SSSR count). The summed E-state index contributed by atoms with van der Waals surface area (Å²) in [6, 6.07) is 5.23. The topological polar surface area (TPSA) is 109 Å². The molecule has 240 valence electrons. The summed E-state index contributed by atoms with van der Waals surface area (Å²) in [5.41, 5.74) is 2.26. The number of fused-ring (bicyclic) bond motifs is 1. The van der Waals surface area contributed by atoms with Gasteiger partial charge in [0, 0.05) is 50.6 Å². The second kappa shape index (κ2) is 11.5. The van der Waals surface area contributed by atoms with Crippen molar-refractivity contribution in [2.45, 2.75) is 90.8 Å². The van der Waals surface area contributed by atoms with Gasteiger partial charge in [0.15, 0.2) is 0 Å². The third kappa shape index (κ3) is 5.87. The number of benzene rings is 1. The first-order chi connectivity index (χ1) is 20.8. The van der Waals surface area contributed by atoms with Gasteiger partial charge in [-0.05, 0) is 97.9 Å². The lowest BCUT2D eigenvalue weighted by Gasteiger charge is -2.54. The average Bonchev–Trinajstić information content (AvgIpc) is 3.24. The van der Waals surface area contributed by atoms with E-state index in [1.165, 1.54) is 0 Å². The number of nitrogens with zero attached hydrogens (tertiary/aromatic N) is 5. The number of hydrogen-bond acceptors (Lipinski definition) is 7. The number of nitrogens with one attached hydrogen (secondary N) is 1. The lowest BCUT2D eigenvalue weighted by Crippen LogP contribution is -2.62. The second-order valence-corrected chi connectivity index (χ2v) is 14.8. The number of carbonyl (C=O) groups excluding carboxylic acids is 3. The predicted molar refractivity (Wildman–Crippen MR) is 169 cm³/mol. The smallest absolute Gasteiger partial charge is 0.410 e. The van der Waals surface area contributed by atoms with Gasteiger partial charge in [0.1, 0.15) is 11.6 Å². The highest BCUT2D eigenvalue weighted by atomic mass is 16.6. The number of anilines is 1. The second-order valence-electron chi connectivity index (χ2n) is 14.8. The zero-order valence-corrected chi connectivity index (χ0v) is 26.9. The molecule has 1 unspecified atom stereocenters. The van der Waals surface area contributed by atoms with Crippen LogP contribution in [-0.4, -0.2) is 88.3 Å². The average molecular weight is 609 g/mol. The Bertz CT molecular complexity index is 1480. The van der Waals surface area contributed by atoms with Gasteiger partial charge >= 0.3 is 11.8 Å². The first-order valence-corrected chi connectivity index (χ1v) is 16.4. The van der Waals surface area contributed by atoms with Gasteiger partial charge in [0.2, 0.25) is 11.8 Å². The number of piperidine rings is 3. The van der Waals surface area contributed by atoms with Gasteiger partial charge in [0.05, 0.1) is 16.7 Å². The molecule has 2 aromatic rings. The van der Waals surface area contributed by atoms with E-state index in [1.807, 2.05) is 56.2 Å². The van der Waals surface area contributed by atoms with Crippen LogP contribution in [0.25, 0.3) is 11.0 Å². The molecule has 5 heterocycles. The molecule has 1 spiro atoms. The number of carbonyl (C=O) groups is 3. The Morgan fingerprint density at radius 3 is 2.32 bits per heavy atom. The standard InChI is InChI=1S/C33H48N6O5/c1-22(2)38-28-24(7-6-8-25(28)39(30(38)42)26-9-10-27(40)34-29(26)41)36-15-11-23(12-16-36)19-35-17-13-33(14-18-35)20-37(21-33)31(43)44-32(3,4)5/h6-8,22-23,26H,9-21H2,1-5H3,(H,34,40,41). The molecule has 4 fully saturated rings. The number of hydrogen-bond donors (Lipinski definition) is 1. The van der Waals surface area contributed by atoms with E-state index in [0.29, 0.717) is 12.3 Å². The van der Waals surface area contributed by atoms with Crippen LogP contribution in [0.3, 0.4) is 0 Å². The molecule has 4 aliphatic rings. The Morgan fingerprint density at radius 2 is 1.70 bits per heavy atom. The highest BCUT2D eigenvalue weighted by molar-refractivity contribution is 6.00. The lowest BCUT2D eigenvalue weighted by atomic mass is 9.72. The van der Waals surface area contributed by atoms with Crippen LogP contribution in [0.15, 0.2) is 23.0 Å². The number of imidazole rings is 1. The van der Waals surface area contributed by atoms with Gasteiger partial charge in [-0.2, -0.15) is 0 Å². The normalized spacial score (nSPS) is 23.4. The van der Waals surface area contributed by atoms with Crippen molar-refractivity contribution >= 4 is 34.6 Å². The molecule has 11 nitrogen and oxygen atoms in total. The molecule has 3 amide bonds. The van der Waals surface area contributed by atoms with Crippen LogP contribution in [0.1, 0.15) is 85.2 Å². The SMILES string of the molecule is CC(C)n1c(=O)n(C2CCC(=O)NC2=O)c2cccc(N3CCC(CN4CCC5(CC4)CN(C(=O)OC(C)(C)C)C5)CC3)c21. The summed E-state index contributed by atoms with van der Waals surface area (Å²) < 4.78 is 8.97. The fourth-order valence-corrected chi connectivity index (χ4v) is 7.71. The minimum Gasteiger partial charge on any atom is -0.444 e. The maximum atomic E-state index is 13.8. The number of ether oxygens (including phenoxy) is 1. The van der Waals surface area contributed by atoms with E-state index in [2.05, 4.69) is 21.2 Å². The van der Waals surface area contributed by atoms with Crippen molar-refractivity contribution in [2.75, 3.05) is 50.7 Å². The van der Waals surface area contributed by atoms with Gasteiger partial charge in [-0.3, -0.25) is 24.0 Å². The number of imide groups is 1. The van der Waals surface area contributed by atoms with E-state index in [-0.39, 0.29) is 35.6 Å². The highest BCUT2D eigenvalue weighted by Crippen LogP contribution is 2.41. The molecule has 11 heteroatoms. The zero-order chi connectivity index (χ0) is 31.4. The molecule has 1 N–H and O–H groups in total. The van der Waals surface area contributed by atoms with E-state index in [1.54, 1.807) is 4.57 Å². The molecule has 4 saturated heterocycles. The summed E-state index contributed by atoms with van der Waals surface area (Å²) in [5.74, 6) is -0.0643. The van der Waals surface area contributed by atoms with Crippen LogP contribution in [0.5, 0.6) is 0 Å². The lowest BCUT2D eigenvalue weighted by molar-refractivity contribution is -0.135. The van der Waals surface area contributed by atoms with Gasteiger partial charge in [-0.25, -0.2) is 9.59 Å². The molecule has 0 aliphatic carbocycles. The monoisotopic (exact) mass is 608 g/mol. The molecule has 0 saturated carbocycles. The van der Waals surface area contributed by atoms with Crippen molar-refractivity contribution in [1.29, 1.82) is 0 Å². The van der Waals surface area contributed by atoms with Crippen molar-refractivity contribution in [1.82, 2.24) is 24.3 Å². The molecule has 1 atom stereocenters. The number of amides is 3. The summed E-state index contributed by atoms with van der Waals surface area (Å²) in [5, 5.41) is 2.42. The Kier molecular flexibility index (Phi) is 8.05. The van der Waals surface area contributed by atoms with Crippen molar-refractivity contribution in [3.63, 3.8) is 0 Å². The molecule has 1 aromatic carbocycles. The molecule has 44 heavy (non-hydrogen) atoms. The number of rotatable bonds is 5. The Hall–Kier alpha value is -3.34. The minimum absolute atomic E-state index is 0.0764. The maximum Gasteiger partial charge on any atom is 0.410 e. The van der Waals surface area contributed by atoms with Crippen molar-refractivity contribution < 1.29 is 19.1 Å². The quantitative estimate of drug-likeness (QED) is 0.513. The summed E-state index contributed by atoms with van der Waals surface area (Å²) in [6.45, 7) is 16.5. The summed E-state index contributed by atoms with van der Waals surface area (Å²) in [6.07, 6.45) is 4.80. The van der Waals surface area contributed by atoms with Crippen LogP contribution >= 0.6 is 0 Å². The van der Waals surface area contributed by atoms with Crippen LogP contribution in [0.4, 0.5) is 10.5 Å².